The standard InChI is InChI=1S/C14H8ClF3N2/c15-7-13-19-14-10(18)5-8(16)6-12(14)20(13)11-4-2-1-3-9(11)17/h1-6H,7H2. The third kappa shape index (κ3) is 1.94. The molecule has 1 heterocycles. The van der Waals surface area contributed by atoms with Gasteiger partial charge in [0.15, 0.2) is 5.82 Å². The Labute approximate surface area is 117 Å². The molecule has 102 valence electrons. The van der Waals surface area contributed by atoms with Crippen LogP contribution in [0.3, 0.4) is 0 Å². The largest absolute Gasteiger partial charge is 0.292 e. The van der Waals surface area contributed by atoms with Crippen LogP contribution in [-0.2, 0) is 5.88 Å². The molecule has 0 radical (unpaired) electrons. The second-order valence-corrected chi connectivity index (χ2v) is 4.47. The quantitative estimate of drug-likeness (QED) is 0.649. The van der Waals surface area contributed by atoms with E-state index in [9.17, 15) is 13.2 Å². The number of hydrogen-bond donors (Lipinski definition) is 0. The number of imidazole rings is 1. The van der Waals surface area contributed by atoms with E-state index in [1.807, 2.05) is 0 Å². The Hall–Kier alpha value is -2.01. The molecule has 0 aliphatic heterocycles. The van der Waals surface area contributed by atoms with Gasteiger partial charge in [0.05, 0.1) is 17.1 Å². The van der Waals surface area contributed by atoms with Crippen LogP contribution in [0.4, 0.5) is 13.2 Å². The Kier molecular flexibility index (Phi) is 3.14. The zero-order valence-electron chi connectivity index (χ0n) is 10.1. The highest BCUT2D eigenvalue weighted by Gasteiger charge is 2.18. The molecule has 0 amide bonds. The molecule has 0 N–H and O–H groups in total. The summed E-state index contributed by atoms with van der Waals surface area (Å²) in [6, 6.07) is 7.74. The number of benzene rings is 2. The van der Waals surface area contributed by atoms with Gasteiger partial charge < -0.3 is 0 Å². The van der Waals surface area contributed by atoms with Gasteiger partial charge in [0.1, 0.15) is 23.0 Å². The van der Waals surface area contributed by atoms with Crippen LogP contribution in [0.15, 0.2) is 36.4 Å². The number of rotatable bonds is 2. The van der Waals surface area contributed by atoms with Crippen molar-refractivity contribution in [3.63, 3.8) is 0 Å². The lowest BCUT2D eigenvalue weighted by molar-refractivity contribution is 0.590. The number of hydrogen-bond acceptors (Lipinski definition) is 1. The highest BCUT2D eigenvalue weighted by atomic mass is 35.5. The number of fused-ring (bicyclic) bond motifs is 1. The first-order valence-corrected chi connectivity index (χ1v) is 6.32. The molecule has 0 spiro atoms. The normalized spacial score (nSPS) is 11.2. The van der Waals surface area contributed by atoms with Gasteiger partial charge in [-0.3, -0.25) is 4.57 Å². The molecular formula is C14H8ClF3N2. The molecule has 0 unspecified atom stereocenters. The minimum Gasteiger partial charge on any atom is -0.292 e. The highest BCUT2D eigenvalue weighted by molar-refractivity contribution is 6.17. The Morgan fingerprint density at radius 1 is 1.05 bits per heavy atom. The summed E-state index contributed by atoms with van der Waals surface area (Å²) >= 11 is 5.78. The van der Waals surface area contributed by atoms with Crippen molar-refractivity contribution in [1.29, 1.82) is 0 Å². The van der Waals surface area contributed by atoms with E-state index < -0.39 is 17.5 Å². The van der Waals surface area contributed by atoms with E-state index in [1.54, 1.807) is 6.07 Å². The Bertz CT molecular complexity index is 798. The Balaban J connectivity index is 2.42. The van der Waals surface area contributed by atoms with E-state index >= 15 is 0 Å². The topological polar surface area (TPSA) is 17.8 Å². The fourth-order valence-corrected chi connectivity index (χ4v) is 2.32. The van der Waals surface area contributed by atoms with Crippen molar-refractivity contribution < 1.29 is 13.2 Å². The highest BCUT2D eigenvalue weighted by Crippen LogP contribution is 2.26. The molecule has 0 saturated heterocycles. The second-order valence-electron chi connectivity index (χ2n) is 4.20. The molecule has 6 heteroatoms. The first-order valence-electron chi connectivity index (χ1n) is 5.79. The van der Waals surface area contributed by atoms with Gasteiger partial charge in [0, 0.05) is 12.1 Å². The van der Waals surface area contributed by atoms with Gasteiger partial charge >= 0.3 is 0 Å². The Morgan fingerprint density at radius 3 is 2.50 bits per heavy atom. The average Bonchev–Trinajstić information content (AvgIpc) is 2.78. The van der Waals surface area contributed by atoms with Crippen LogP contribution >= 0.6 is 11.6 Å². The summed E-state index contributed by atoms with van der Waals surface area (Å²) in [6.45, 7) is 0. The molecule has 20 heavy (non-hydrogen) atoms. The molecule has 0 bridgehead atoms. The maximum absolute atomic E-state index is 13.9. The van der Waals surface area contributed by atoms with Crippen molar-refractivity contribution >= 4 is 22.6 Å². The van der Waals surface area contributed by atoms with Gasteiger partial charge in [-0.25, -0.2) is 18.2 Å². The molecule has 3 aromatic rings. The summed E-state index contributed by atoms with van der Waals surface area (Å²) in [5.74, 6) is -1.89. The predicted octanol–water partition coefficient (Wildman–Crippen LogP) is 4.18. The SMILES string of the molecule is Fc1cc(F)c2nc(CCl)n(-c3ccccc3F)c2c1. The van der Waals surface area contributed by atoms with E-state index in [-0.39, 0.29) is 28.4 Å². The molecule has 3 rings (SSSR count). The summed E-state index contributed by atoms with van der Waals surface area (Å²) in [6.07, 6.45) is 0. The van der Waals surface area contributed by atoms with E-state index in [4.69, 9.17) is 11.6 Å². The third-order valence-corrected chi connectivity index (χ3v) is 3.20. The molecule has 2 aromatic carbocycles. The molecule has 2 nitrogen and oxygen atoms in total. The first kappa shape index (κ1) is 13.0. The van der Waals surface area contributed by atoms with Crippen LogP contribution in [-0.4, -0.2) is 9.55 Å². The lowest BCUT2D eigenvalue weighted by atomic mass is 10.2. The van der Waals surface area contributed by atoms with Crippen LogP contribution < -0.4 is 0 Å². The number of nitrogens with zero attached hydrogens (tertiary/aromatic N) is 2. The van der Waals surface area contributed by atoms with Crippen molar-refractivity contribution in [3.8, 4) is 5.69 Å². The third-order valence-electron chi connectivity index (χ3n) is 2.96. The van der Waals surface area contributed by atoms with Crippen molar-refractivity contribution in [3.05, 3.63) is 59.7 Å². The lowest BCUT2D eigenvalue weighted by Crippen LogP contribution is -2.02. The summed E-state index contributed by atoms with van der Waals surface area (Å²) in [4.78, 5) is 4.01. The molecular weight excluding hydrogens is 289 g/mol. The molecule has 0 aliphatic rings. The number of alkyl halides is 1. The van der Waals surface area contributed by atoms with E-state index in [0.29, 0.717) is 0 Å². The van der Waals surface area contributed by atoms with Gasteiger partial charge in [-0.15, -0.1) is 11.6 Å². The van der Waals surface area contributed by atoms with Crippen LogP contribution in [0.1, 0.15) is 5.82 Å². The minimum atomic E-state index is -0.804. The van der Waals surface area contributed by atoms with Gasteiger partial charge in [-0.1, -0.05) is 12.1 Å². The van der Waals surface area contributed by atoms with Crippen molar-refractivity contribution in [2.24, 2.45) is 0 Å². The zero-order chi connectivity index (χ0) is 14.3. The minimum absolute atomic E-state index is 0.0368. The first-order chi connectivity index (χ1) is 9.61. The van der Waals surface area contributed by atoms with Crippen LogP contribution in [0, 0.1) is 17.5 Å². The lowest BCUT2D eigenvalue weighted by Gasteiger charge is -2.08. The predicted molar refractivity (Wildman–Crippen MR) is 70.5 cm³/mol. The van der Waals surface area contributed by atoms with Crippen LogP contribution in [0.25, 0.3) is 16.7 Å². The number of aromatic nitrogens is 2. The van der Waals surface area contributed by atoms with Gasteiger partial charge in [0.25, 0.3) is 0 Å². The summed E-state index contributed by atoms with van der Waals surface area (Å²) in [5.41, 5.74) is 0.254. The van der Waals surface area contributed by atoms with Crippen LogP contribution in [0.2, 0.25) is 0 Å². The molecule has 0 fully saturated rings. The van der Waals surface area contributed by atoms with Crippen molar-refractivity contribution in [2.45, 2.75) is 5.88 Å². The van der Waals surface area contributed by atoms with Gasteiger partial charge in [-0.05, 0) is 12.1 Å². The fourth-order valence-electron chi connectivity index (χ4n) is 2.14. The maximum atomic E-state index is 13.9. The smallest absolute Gasteiger partial charge is 0.153 e. The number of halogens is 4. The summed E-state index contributed by atoms with van der Waals surface area (Å²) in [5, 5.41) is 0. The van der Waals surface area contributed by atoms with E-state index in [2.05, 4.69) is 4.98 Å². The second kappa shape index (κ2) is 4.83. The summed E-state index contributed by atoms with van der Waals surface area (Å²) < 4.78 is 42.4. The van der Waals surface area contributed by atoms with E-state index in [0.717, 1.165) is 12.1 Å². The maximum Gasteiger partial charge on any atom is 0.153 e. The van der Waals surface area contributed by atoms with Crippen molar-refractivity contribution in [2.75, 3.05) is 0 Å². The fraction of sp³-hybridized carbons (Fsp3) is 0.0714. The molecule has 0 saturated carbocycles. The van der Waals surface area contributed by atoms with E-state index in [1.165, 1.54) is 22.8 Å². The average molecular weight is 297 g/mol. The van der Waals surface area contributed by atoms with Crippen molar-refractivity contribution in [1.82, 2.24) is 9.55 Å². The molecule has 1 aromatic heterocycles. The Morgan fingerprint density at radius 2 is 1.80 bits per heavy atom. The molecule has 0 aliphatic carbocycles. The van der Waals surface area contributed by atoms with Gasteiger partial charge in [-0.2, -0.15) is 0 Å². The van der Waals surface area contributed by atoms with Gasteiger partial charge in [0.2, 0.25) is 0 Å². The van der Waals surface area contributed by atoms with Crippen LogP contribution in [0.5, 0.6) is 0 Å². The molecule has 0 atom stereocenters. The zero-order valence-corrected chi connectivity index (χ0v) is 10.8. The number of para-hydroxylation sites is 1. The summed E-state index contributed by atoms with van der Waals surface area (Å²) in [7, 11) is 0. The monoisotopic (exact) mass is 296 g/mol.